The number of rotatable bonds is 4. The second kappa shape index (κ2) is 6.72. The number of carbonyl (C=O) groups is 2. The van der Waals surface area contributed by atoms with Crippen LogP contribution in [0.5, 0.6) is 0 Å². The van der Waals surface area contributed by atoms with Crippen LogP contribution in [-0.4, -0.2) is 22.6 Å². The molecule has 0 atom stereocenters. The predicted octanol–water partition coefficient (Wildman–Crippen LogP) is 1.71. The Hall–Kier alpha value is -2.34. The molecule has 2 aromatic rings. The highest BCUT2D eigenvalue weighted by Gasteiger charge is 2.10. The Morgan fingerprint density at radius 2 is 1.90 bits per heavy atom. The zero-order valence-electron chi connectivity index (χ0n) is 10.6. The van der Waals surface area contributed by atoms with E-state index in [1.165, 1.54) is 18.0 Å². The predicted molar refractivity (Wildman–Crippen MR) is 78.3 cm³/mol. The number of aromatic nitrogens is 1. The molecule has 3 N–H and O–H groups in total. The average molecular weight is 287 g/mol. The summed E-state index contributed by atoms with van der Waals surface area (Å²) in [4.78, 5) is 27.5. The van der Waals surface area contributed by atoms with Gasteiger partial charge in [0, 0.05) is 5.56 Å². The number of hydrogen-bond donors (Lipinski definition) is 2. The van der Waals surface area contributed by atoms with E-state index >= 15 is 0 Å². The molecule has 0 saturated carbocycles. The lowest BCUT2D eigenvalue weighted by molar-refractivity contribution is -0.117. The fraction of sp³-hybridized carbons (Fsp3) is 0.0714. The van der Waals surface area contributed by atoms with Crippen molar-refractivity contribution in [3.8, 4) is 0 Å². The van der Waals surface area contributed by atoms with Crippen LogP contribution in [0.3, 0.4) is 0 Å². The summed E-state index contributed by atoms with van der Waals surface area (Å²) in [6, 6.07) is 12.0. The first-order valence-corrected chi connectivity index (χ1v) is 6.87. The minimum absolute atomic E-state index is 0.121. The van der Waals surface area contributed by atoms with E-state index in [1.807, 2.05) is 0 Å². The van der Waals surface area contributed by atoms with Crippen molar-refractivity contribution in [1.29, 1.82) is 0 Å². The summed E-state index contributed by atoms with van der Waals surface area (Å²) < 4.78 is 0. The molecule has 1 heterocycles. The van der Waals surface area contributed by atoms with Crippen LogP contribution in [0.15, 0.2) is 53.7 Å². The SMILES string of the molecule is Nc1ccc(SCC(=O)NC(=O)c2ccccc2)nc1. The number of nitrogen functional groups attached to an aromatic ring is 1. The number of amides is 2. The summed E-state index contributed by atoms with van der Waals surface area (Å²) in [7, 11) is 0. The van der Waals surface area contributed by atoms with Gasteiger partial charge in [-0.3, -0.25) is 14.9 Å². The third-order valence-electron chi connectivity index (χ3n) is 2.40. The van der Waals surface area contributed by atoms with Gasteiger partial charge in [-0.2, -0.15) is 0 Å². The molecule has 20 heavy (non-hydrogen) atoms. The largest absolute Gasteiger partial charge is 0.397 e. The molecule has 0 spiro atoms. The molecule has 102 valence electrons. The molecule has 0 radical (unpaired) electrons. The molecule has 2 rings (SSSR count). The number of hydrogen-bond acceptors (Lipinski definition) is 5. The molecule has 2 amide bonds. The van der Waals surface area contributed by atoms with Crippen LogP contribution in [0.4, 0.5) is 5.69 Å². The van der Waals surface area contributed by atoms with E-state index < -0.39 is 5.91 Å². The van der Waals surface area contributed by atoms with E-state index in [1.54, 1.807) is 42.5 Å². The second-order valence-electron chi connectivity index (χ2n) is 3.96. The third kappa shape index (κ3) is 4.10. The van der Waals surface area contributed by atoms with Gasteiger partial charge >= 0.3 is 0 Å². The van der Waals surface area contributed by atoms with Crippen LogP contribution in [-0.2, 0) is 4.79 Å². The maximum absolute atomic E-state index is 11.7. The lowest BCUT2D eigenvalue weighted by Crippen LogP contribution is -2.31. The molecular weight excluding hydrogens is 274 g/mol. The second-order valence-corrected chi connectivity index (χ2v) is 4.96. The van der Waals surface area contributed by atoms with Gasteiger partial charge in [-0.25, -0.2) is 4.98 Å². The molecule has 5 nitrogen and oxygen atoms in total. The molecule has 0 aliphatic rings. The maximum atomic E-state index is 11.7. The van der Waals surface area contributed by atoms with Crippen LogP contribution < -0.4 is 11.1 Å². The number of carbonyl (C=O) groups excluding carboxylic acids is 2. The quantitative estimate of drug-likeness (QED) is 0.836. The van der Waals surface area contributed by atoms with Crippen molar-refractivity contribution < 1.29 is 9.59 Å². The Morgan fingerprint density at radius 3 is 2.55 bits per heavy atom. The number of nitrogens with zero attached hydrogens (tertiary/aromatic N) is 1. The molecule has 0 bridgehead atoms. The normalized spacial score (nSPS) is 10.0. The van der Waals surface area contributed by atoms with Gasteiger partial charge in [-0.1, -0.05) is 30.0 Å². The molecular formula is C14H13N3O2S. The van der Waals surface area contributed by atoms with E-state index in [0.29, 0.717) is 16.3 Å². The van der Waals surface area contributed by atoms with Crippen molar-refractivity contribution in [3.05, 3.63) is 54.2 Å². The Morgan fingerprint density at radius 1 is 1.15 bits per heavy atom. The van der Waals surface area contributed by atoms with Gasteiger partial charge < -0.3 is 5.73 Å². The van der Waals surface area contributed by atoms with Crippen molar-refractivity contribution in [2.45, 2.75) is 5.03 Å². The summed E-state index contributed by atoms with van der Waals surface area (Å²) >= 11 is 1.24. The molecule has 1 aromatic carbocycles. The first-order valence-electron chi connectivity index (χ1n) is 5.89. The van der Waals surface area contributed by atoms with Crippen LogP contribution >= 0.6 is 11.8 Å². The minimum Gasteiger partial charge on any atom is -0.397 e. The van der Waals surface area contributed by atoms with Crippen LogP contribution in [0, 0.1) is 0 Å². The van der Waals surface area contributed by atoms with Gasteiger partial charge in [0.25, 0.3) is 5.91 Å². The Labute approximate surface area is 120 Å². The number of nitrogens with two attached hydrogens (primary N) is 1. The van der Waals surface area contributed by atoms with E-state index in [4.69, 9.17) is 5.73 Å². The molecule has 6 heteroatoms. The summed E-state index contributed by atoms with van der Waals surface area (Å²) in [5.41, 5.74) is 6.54. The van der Waals surface area contributed by atoms with Crippen LogP contribution in [0.25, 0.3) is 0 Å². The smallest absolute Gasteiger partial charge is 0.257 e. The van der Waals surface area contributed by atoms with Gasteiger partial charge in [-0.15, -0.1) is 0 Å². The van der Waals surface area contributed by atoms with Gasteiger partial charge in [0.1, 0.15) is 0 Å². The Kier molecular flexibility index (Phi) is 4.73. The molecule has 0 aliphatic carbocycles. The molecule has 0 aliphatic heterocycles. The number of anilines is 1. The highest BCUT2D eigenvalue weighted by atomic mass is 32.2. The maximum Gasteiger partial charge on any atom is 0.257 e. The standard InChI is InChI=1S/C14H13N3O2S/c15-11-6-7-13(16-8-11)20-9-12(18)17-14(19)10-4-2-1-3-5-10/h1-8H,9,15H2,(H,17,18,19). The van der Waals surface area contributed by atoms with Gasteiger partial charge in [0.2, 0.25) is 5.91 Å². The Bertz CT molecular complexity index is 600. The van der Waals surface area contributed by atoms with E-state index in [0.717, 1.165) is 0 Å². The van der Waals surface area contributed by atoms with Crippen molar-refractivity contribution >= 4 is 29.3 Å². The van der Waals surface area contributed by atoms with Gasteiger partial charge in [0.15, 0.2) is 0 Å². The highest BCUT2D eigenvalue weighted by molar-refractivity contribution is 7.99. The highest BCUT2D eigenvalue weighted by Crippen LogP contribution is 2.15. The zero-order valence-corrected chi connectivity index (χ0v) is 11.4. The van der Waals surface area contributed by atoms with E-state index in [2.05, 4.69) is 10.3 Å². The topological polar surface area (TPSA) is 85.1 Å². The number of imide groups is 1. The summed E-state index contributed by atoms with van der Waals surface area (Å²) in [6.45, 7) is 0. The third-order valence-corrected chi connectivity index (χ3v) is 3.34. The molecule has 0 saturated heterocycles. The van der Waals surface area contributed by atoms with Gasteiger partial charge in [-0.05, 0) is 24.3 Å². The lowest BCUT2D eigenvalue weighted by Gasteiger charge is -2.04. The lowest BCUT2D eigenvalue weighted by atomic mass is 10.2. The molecule has 0 fully saturated rings. The molecule has 1 aromatic heterocycles. The van der Waals surface area contributed by atoms with E-state index in [9.17, 15) is 9.59 Å². The zero-order chi connectivity index (χ0) is 14.4. The summed E-state index contributed by atoms with van der Waals surface area (Å²) in [6.07, 6.45) is 1.52. The van der Waals surface area contributed by atoms with Crippen molar-refractivity contribution in [1.82, 2.24) is 10.3 Å². The summed E-state index contributed by atoms with van der Waals surface area (Å²) in [5.74, 6) is -0.640. The first kappa shape index (κ1) is 14.1. The monoisotopic (exact) mass is 287 g/mol. The summed E-state index contributed by atoms with van der Waals surface area (Å²) in [5, 5.41) is 3.01. The van der Waals surface area contributed by atoms with Crippen molar-refractivity contribution in [3.63, 3.8) is 0 Å². The van der Waals surface area contributed by atoms with Crippen LogP contribution in [0.1, 0.15) is 10.4 Å². The number of nitrogens with one attached hydrogen (secondary N) is 1. The fourth-order valence-electron chi connectivity index (χ4n) is 1.44. The number of benzene rings is 1. The Balaban J connectivity index is 1.84. The first-order chi connectivity index (χ1) is 9.65. The number of pyridine rings is 1. The number of thioether (sulfide) groups is 1. The van der Waals surface area contributed by atoms with Crippen molar-refractivity contribution in [2.24, 2.45) is 0 Å². The fourth-order valence-corrected chi connectivity index (χ4v) is 2.08. The van der Waals surface area contributed by atoms with Crippen molar-refractivity contribution in [2.75, 3.05) is 11.5 Å². The van der Waals surface area contributed by atoms with Crippen LogP contribution in [0.2, 0.25) is 0 Å². The van der Waals surface area contributed by atoms with E-state index in [-0.39, 0.29) is 11.7 Å². The average Bonchev–Trinajstić information content (AvgIpc) is 2.47. The molecule has 0 unspecified atom stereocenters. The minimum atomic E-state index is -0.401. The van der Waals surface area contributed by atoms with Gasteiger partial charge in [0.05, 0.1) is 22.7 Å².